The zero-order valence-electron chi connectivity index (χ0n) is 18.2. The predicted octanol–water partition coefficient (Wildman–Crippen LogP) is 3.84. The van der Waals surface area contributed by atoms with Crippen LogP contribution >= 0.6 is 0 Å². The Labute approximate surface area is 187 Å². The van der Waals surface area contributed by atoms with Crippen molar-refractivity contribution in [3.05, 3.63) is 59.4 Å². The Bertz CT molecular complexity index is 1180. The van der Waals surface area contributed by atoms with Crippen molar-refractivity contribution in [2.45, 2.75) is 13.5 Å². The molecule has 11 heteroatoms. The maximum absolute atomic E-state index is 12.8. The van der Waals surface area contributed by atoms with Gasteiger partial charge in [-0.15, -0.1) is 0 Å². The third-order valence-corrected chi connectivity index (χ3v) is 4.58. The van der Waals surface area contributed by atoms with Gasteiger partial charge in [0.15, 0.2) is 17.2 Å². The SMILES string of the molecule is COC(=O)c1cc(OC)c(OC(F)F)cc1NC(=O)c1ccn(-c2cc(C)ccc2OC)n1. The summed E-state index contributed by atoms with van der Waals surface area (Å²) in [6.07, 6.45) is 1.56. The van der Waals surface area contributed by atoms with Crippen molar-refractivity contribution in [1.29, 1.82) is 0 Å². The summed E-state index contributed by atoms with van der Waals surface area (Å²) >= 11 is 0. The second-order valence-corrected chi connectivity index (χ2v) is 6.69. The van der Waals surface area contributed by atoms with Crippen molar-refractivity contribution in [2.75, 3.05) is 26.6 Å². The van der Waals surface area contributed by atoms with Gasteiger partial charge in [0.25, 0.3) is 5.91 Å². The fourth-order valence-corrected chi connectivity index (χ4v) is 3.03. The topological polar surface area (TPSA) is 101 Å². The molecule has 0 atom stereocenters. The van der Waals surface area contributed by atoms with E-state index < -0.39 is 18.5 Å². The fraction of sp³-hybridized carbons (Fsp3) is 0.227. The van der Waals surface area contributed by atoms with Crippen LogP contribution < -0.4 is 19.5 Å². The lowest BCUT2D eigenvalue weighted by Crippen LogP contribution is -2.17. The normalized spacial score (nSPS) is 10.6. The average Bonchev–Trinajstić information content (AvgIpc) is 3.28. The zero-order valence-corrected chi connectivity index (χ0v) is 18.2. The summed E-state index contributed by atoms with van der Waals surface area (Å²) in [5.74, 6) is -1.47. The minimum Gasteiger partial charge on any atom is -0.494 e. The maximum Gasteiger partial charge on any atom is 0.387 e. The second-order valence-electron chi connectivity index (χ2n) is 6.69. The van der Waals surface area contributed by atoms with Gasteiger partial charge in [-0.2, -0.15) is 13.9 Å². The van der Waals surface area contributed by atoms with E-state index in [1.165, 1.54) is 25.0 Å². The van der Waals surface area contributed by atoms with Crippen LogP contribution in [0.15, 0.2) is 42.6 Å². The number of benzene rings is 2. The van der Waals surface area contributed by atoms with Gasteiger partial charge in [0.1, 0.15) is 11.4 Å². The number of anilines is 1. The lowest BCUT2D eigenvalue weighted by molar-refractivity contribution is -0.0511. The Hall–Kier alpha value is -4.15. The first-order chi connectivity index (χ1) is 15.8. The number of ether oxygens (including phenoxy) is 4. The monoisotopic (exact) mass is 461 g/mol. The molecule has 0 spiro atoms. The first-order valence-electron chi connectivity index (χ1n) is 9.54. The van der Waals surface area contributed by atoms with Crippen molar-refractivity contribution >= 4 is 17.6 Å². The Kier molecular flexibility index (Phi) is 7.11. The molecule has 0 saturated carbocycles. The number of alkyl halides is 2. The fourth-order valence-electron chi connectivity index (χ4n) is 3.03. The van der Waals surface area contributed by atoms with Crippen molar-refractivity contribution in [3.8, 4) is 22.9 Å². The number of carbonyl (C=O) groups is 2. The number of esters is 1. The van der Waals surface area contributed by atoms with E-state index in [0.717, 1.165) is 24.8 Å². The van der Waals surface area contributed by atoms with Crippen LogP contribution in [0.2, 0.25) is 0 Å². The predicted molar refractivity (Wildman–Crippen MR) is 114 cm³/mol. The van der Waals surface area contributed by atoms with Gasteiger partial charge in [-0.25, -0.2) is 9.48 Å². The number of carbonyl (C=O) groups excluding carboxylic acids is 2. The molecule has 9 nitrogen and oxygen atoms in total. The summed E-state index contributed by atoms with van der Waals surface area (Å²) in [4.78, 5) is 25.0. The van der Waals surface area contributed by atoms with E-state index in [1.807, 2.05) is 19.1 Å². The van der Waals surface area contributed by atoms with Gasteiger partial charge in [0, 0.05) is 18.3 Å². The van der Waals surface area contributed by atoms with Gasteiger partial charge in [-0.3, -0.25) is 4.79 Å². The van der Waals surface area contributed by atoms with Crippen LogP contribution in [0, 0.1) is 6.92 Å². The number of amides is 1. The highest BCUT2D eigenvalue weighted by molar-refractivity contribution is 6.07. The molecule has 0 bridgehead atoms. The summed E-state index contributed by atoms with van der Waals surface area (Å²) in [7, 11) is 3.88. The molecule has 0 radical (unpaired) electrons. The van der Waals surface area contributed by atoms with Crippen molar-refractivity contribution in [3.63, 3.8) is 0 Å². The minimum atomic E-state index is -3.15. The van der Waals surface area contributed by atoms with E-state index >= 15 is 0 Å². The summed E-state index contributed by atoms with van der Waals surface area (Å²) in [6, 6.07) is 9.12. The Morgan fingerprint density at radius 2 is 1.73 bits per heavy atom. The van der Waals surface area contributed by atoms with E-state index in [2.05, 4.69) is 15.2 Å². The van der Waals surface area contributed by atoms with Gasteiger partial charge in [-0.1, -0.05) is 6.07 Å². The van der Waals surface area contributed by atoms with E-state index in [0.29, 0.717) is 11.4 Å². The summed E-state index contributed by atoms with van der Waals surface area (Å²) in [6.45, 7) is -1.25. The first-order valence-corrected chi connectivity index (χ1v) is 9.54. The highest BCUT2D eigenvalue weighted by Gasteiger charge is 2.22. The Morgan fingerprint density at radius 3 is 2.36 bits per heavy atom. The van der Waals surface area contributed by atoms with Crippen LogP contribution in [-0.4, -0.2) is 49.6 Å². The number of aryl methyl sites for hydroxylation is 1. The standard InChI is InChI=1S/C22H21F2N3O6/c1-12-5-6-17(30-2)16(9-12)27-8-7-14(26-27)20(28)25-15-11-19(33-22(23)24)18(31-3)10-13(15)21(29)32-4/h5-11,22H,1-4H3,(H,25,28). The van der Waals surface area contributed by atoms with Gasteiger partial charge < -0.3 is 24.3 Å². The number of nitrogens with one attached hydrogen (secondary N) is 1. The molecule has 1 heterocycles. The number of rotatable bonds is 8. The molecule has 3 aromatic rings. The molecule has 0 aliphatic heterocycles. The molecule has 0 unspecified atom stereocenters. The zero-order chi connectivity index (χ0) is 24.1. The van der Waals surface area contributed by atoms with Crippen molar-refractivity contribution < 1.29 is 37.3 Å². The lowest BCUT2D eigenvalue weighted by Gasteiger charge is -2.15. The van der Waals surface area contributed by atoms with E-state index in [9.17, 15) is 18.4 Å². The molecular weight excluding hydrogens is 440 g/mol. The molecule has 33 heavy (non-hydrogen) atoms. The molecule has 0 fully saturated rings. The number of aromatic nitrogens is 2. The van der Waals surface area contributed by atoms with E-state index in [1.54, 1.807) is 12.3 Å². The van der Waals surface area contributed by atoms with Crippen LogP contribution in [0.3, 0.4) is 0 Å². The Morgan fingerprint density at radius 1 is 1.00 bits per heavy atom. The van der Waals surface area contributed by atoms with Gasteiger partial charge in [0.05, 0.1) is 32.6 Å². The smallest absolute Gasteiger partial charge is 0.387 e. The van der Waals surface area contributed by atoms with Crippen LogP contribution in [0.1, 0.15) is 26.4 Å². The molecule has 0 aliphatic carbocycles. The van der Waals surface area contributed by atoms with Gasteiger partial charge >= 0.3 is 12.6 Å². The molecule has 0 saturated heterocycles. The number of methoxy groups -OCH3 is 3. The van der Waals surface area contributed by atoms with Crippen LogP contribution in [0.5, 0.6) is 17.2 Å². The minimum absolute atomic E-state index is 0.00141. The van der Waals surface area contributed by atoms with Crippen molar-refractivity contribution in [1.82, 2.24) is 9.78 Å². The van der Waals surface area contributed by atoms with Crippen LogP contribution in [0.4, 0.5) is 14.5 Å². The highest BCUT2D eigenvalue weighted by Crippen LogP contribution is 2.35. The Balaban J connectivity index is 1.96. The number of hydrogen-bond acceptors (Lipinski definition) is 7. The molecule has 0 aliphatic rings. The molecule has 1 amide bonds. The van der Waals surface area contributed by atoms with Crippen LogP contribution in [0.25, 0.3) is 5.69 Å². The van der Waals surface area contributed by atoms with Gasteiger partial charge in [0.2, 0.25) is 0 Å². The highest BCUT2D eigenvalue weighted by atomic mass is 19.3. The molecule has 1 N–H and O–H groups in total. The lowest BCUT2D eigenvalue weighted by atomic mass is 10.1. The molecule has 2 aromatic carbocycles. The largest absolute Gasteiger partial charge is 0.494 e. The molecule has 174 valence electrons. The van der Waals surface area contributed by atoms with E-state index in [4.69, 9.17) is 14.2 Å². The molecular formula is C22H21F2N3O6. The van der Waals surface area contributed by atoms with Gasteiger partial charge in [-0.05, 0) is 30.7 Å². The van der Waals surface area contributed by atoms with Crippen molar-refractivity contribution in [2.24, 2.45) is 0 Å². The third kappa shape index (κ3) is 5.20. The number of halogens is 2. The number of hydrogen-bond donors (Lipinski definition) is 1. The summed E-state index contributed by atoms with van der Waals surface area (Å²) < 4.78 is 46.5. The van der Waals surface area contributed by atoms with E-state index in [-0.39, 0.29) is 28.4 Å². The quantitative estimate of drug-likeness (QED) is 0.509. The second kappa shape index (κ2) is 9.98. The van der Waals surface area contributed by atoms with Crippen LogP contribution in [-0.2, 0) is 4.74 Å². The summed E-state index contributed by atoms with van der Waals surface area (Å²) in [5, 5.41) is 6.74. The number of nitrogens with zero attached hydrogens (tertiary/aromatic N) is 2. The first kappa shape index (κ1) is 23.5. The third-order valence-electron chi connectivity index (χ3n) is 4.58. The maximum atomic E-state index is 12.8. The molecule has 3 rings (SSSR count). The average molecular weight is 461 g/mol. The summed E-state index contributed by atoms with van der Waals surface area (Å²) in [5.41, 5.74) is 1.33. The molecule has 1 aromatic heterocycles.